The van der Waals surface area contributed by atoms with Gasteiger partial charge in [0, 0.05) is 36.6 Å². The molecule has 1 aromatic heterocycles. The van der Waals surface area contributed by atoms with E-state index in [1.165, 1.54) is 0 Å². The molecule has 3 aromatic rings. The molecule has 2 aromatic carbocycles. The molecular weight excluding hydrogens is 356 g/mol. The van der Waals surface area contributed by atoms with E-state index in [-0.39, 0.29) is 5.91 Å². The number of carbonyl (C=O) groups excluding carboxylic acids is 1. The van der Waals surface area contributed by atoms with Gasteiger partial charge in [0.05, 0.1) is 12.8 Å². The Labute approximate surface area is 164 Å². The van der Waals surface area contributed by atoms with E-state index in [0.717, 1.165) is 16.8 Å². The number of ether oxygens (including phenoxy) is 2. The van der Waals surface area contributed by atoms with E-state index in [0.29, 0.717) is 35.9 Å². The first-order valence-corrected chi connectivity index (χ1v) is 8.94. The molecule has 0 fully saturated rings. The zero-order valence-corrected chi connectivity index (χ0v) is 16.2. The maximum Gasteiger partial charge on any atom is 0.255 e. The summed E-state index contributed by atoms with van der Waals surface area (Å²) >= 11 is 0. The maximum absolute atomic E-state index is 12.7. The average Bonchev–Trinajstić information content (AvgIpc) is 3.13. The molecule has 7 nitrogen and oxygen atoms in total. The van der Waals surface area contributed by atoms with E-state index in [4.69, 9.17) is 15.2 Å². The van der Waals surface area contributed by atoms with Crippen LogP contribution in [0.1, 0.15) is 15.9 Å². The molecule has 0 radical (unpaired) electrons. The lowest BCUT2D eigenvalue weighted by atomic mass is 10.1. The first-order chi connectivity index (χ1) is 13.5. The van der Waals surface area contributed by atoms with E-state index in [1.807, 2.05) is 38.2 Å². The first kappa shape index (κ1) is 19.4. The van der Waals surface area contributed by atoms with Crippen molar-refractivity contribution >= 4 is 11.6 Å². The smallest absolute Gasteiger partial charge is 0.255 e. The highest BCUT2D eigenvalue weighted by Crippen LogP contribution is 2.32. The second-order valence-electron chi connectivity index (χ2n) is 6.33. The Hall–Kier alpha value is -3.32. The highest BCUT2D eigenvalue weighted by Gasteiger charge is 2.14. The van der Waals surface area contributed by atoms with Crippen molar-refractivity contribution in [2.45, 2.75) is 6.92 Å². The quantitative estimate of drug-likeness (QED) is 0.657. The number of benzene rings is 2. The molecule has 7 heteroatoms. The Bertz CT molecular complexity index is 982. The summed E-state index contributed by atoms with van der Waals surface area (Å²) in [5.74, 6) is 1.14. The Morgan fingerprint density at radius 3 is 2.68 bits per heavy atom. The summed E-state index contributed by atoms with van der Waals surface area (Å²) < 4.78 is 12.8. The van der Waals surface area contributed by atoms with Crippen molar-refractivity contribution in [3.05, 3.63) is 59.8 Å². The minimum atomic E-state index is -0.218. The highest BCUT2D eigenvalue weighted by molar-refractivity contribution is 6.05. The van der Waals surface area contributed by atoms with Gasteiger partial charge in [0.2, 0.25) is 0 Å². The topological polar surface area (TPSA) is 91.4 Å². The predicted molar refractivity (Wildman–Crippen MR) is 109 cm³/mol. The van der Waals surface area contributed by atoms with Crippen LogP contribution in [0.3, 0.4) is 0 Å². The third kappa shape index (κ3) is 4.15. The van der Waals surface area contributed by atoms with Gasteiger partial charge in [-0.3, -0.25) is 9.48 Å². The zero-order chi connectivity index (χ0) is 20.1. The number of aromatic nitrogens is 2. The summed E-state index contributed by atoms with van der Waals surface area (Å²) in [5, 5.41) is 7.14. The second kappa shape index (κ2) is 8.58. The first-order valence-electron chi connectivity index (χ1n) is 8.94. The third-order valence-corrected chi connectivity index (χ3v) is 4.38. The molecule has 28 heavy (non-hydrogen) atoms. The molecule has 1 amide bonds. The Balaban J connectivity index is 1.90. The summed E-state index contributed by atoms with van der Waals surface area (Å²) in [6.07, 6.45) is 1.71. The van der Waals surface area contributed by atoms with Crippen LogP contribution in [0.25, 0.3) is 11.3 Å². The molecule has 3 rings (SSSR count). The minimum absolute atomic E-state index is 0.218. The van der Waals surface area contributed by atoms with Crippen molar-refractivity contribution < 1.29 is 14.3 Å². The molecular formula is C21H24N4O3. The zero-order valence-electron chi connectivity index (χ0n) is 16.2. The van der Waals surface area contributed by atoms with Crippen LogP contribution in [-0.4, -0.2) is 35.9 Å². The van der Waals surface area contributed by atoms with Crippen LogP contribution in [0.15, 0.2) is 48.7 Å². The lowest BCUT2D eigenvalue weighted by molar-refractivity contribution is 0.102. The predicted octanol–water partition coefficient (Wildman–Crippen LogP) is 2.99. The van der Waals surface area contributed by atoms with Gasteiger partial charge in [0.15, 0.2) is 0 Å². The fourth-order valence-corrected chi connectivity index (χ4v) is 2.91. The van der Waals surface area contributed by atoms with Crippen molar-refractivity contribution in [2.24, 2.45) is 12.8 Å². The second-order valence-corrected chi connectivity index (χ2v) is 6.33. The fourth-order valence-electron chi connectivity index (χ4n) is 2.91. The van der Waals surface area contributed by atoms with Gasteiger partial charge in [-0.25, -0.2) is 0 Å². The van der Waals surface area contributed by atoms with E-state index in [2.05, 4.69) is 10.4 Å². The monoisotopic (exact) mass is 380 g/mol. The number of methoxy groups -OCH3 is 1. The summed E-state index contributed by atoms with van der Waals surface area (Å²) in [6, 6.07) is 12.7. The fraction of sp³-hybridized carbons (Fsp3) is 0.238. The van der Waals surface area contributed by atoms with E-state index in [1.54, 1.807) is 36.2 Å². The van der Waals surface area contributed by atoms with Crippen LogP contribution in [0.4, 0.5) is 5.69 Å². The molecule has 0 bridgehead atoms. The largest absolute Gasteiger partial charge is 0.496 e. The molecule has 0 unspecified atom stereocenters. The van der Waals surface area contributed by atoms with Crippen LogP contribution < -0.4 is 20.5 Å². The van der Waals surface area contributed by atoms with Crippen molar-refractivity contribution in [2.75, 3.05) is 25.6 Å². The number of hydrogen-bond acceptors (Lipinski definition) is 5. The number of carbonyl (C=O) groups is 1. The Morgan fingerprint density at radius 1 is 1.18 bits per heavy atom. The number of nitrogens with zero attached hydrogens (tertiary/aromatic N) is 2. The number of rotatable bonds is 7. The van der Waals surface area contributed by atoms with Gasteiger partial charge in [-0.05, 0) is 48.9 Å². The minimum Gasteiger partial charge on any atom is -0.496 e. The van der Waals surface area contributed by atoms with Crippen molar-refractivity contribution in [3.8, 4) is 22.8 Å². The van der Waals surface area contributed by atoms with Gasteiger partial charge in [0.25, 0.3) is 5.91 Å². The Kier molecular flexibility index (Phi) is 5.96. The van der Waals surface area contributed by atoms with Gasteiger partial charge in [-0.2, -0.15) is 5.10 Å². The third-order valence-electron chi connectivity index (χ3n) is 4.38. The van der Waals surface area contributed by atoms with Crippen molar-refractivity contribution in [1.29, 1.82) is 0 Å². The number of aryl methyl sites for hydroxylation is 2. The van der Waals surface area contributed by atoms with Crippen molar-refractivity contribution in [3.63, 3.8) is 0 Å². The number of nitrogens with two attached hydrogens (primary N) is 1. The molecule has 0 saturated heterocycles. The molecule has 1 heterocycles. The molecule has 0 atom stereocenters. The summed E-state index contributed by atoms with van der Waals surface area (Å²) in [4.78, 5) is 12.7. The highest BCUT2D eigenvalue weighted by atomic mass is 16.5. The van der Waals surface area contributed by atoms with Crippen molar-refractivity contribution in [1.82, 2.24) is 9.78 Å². The van der Waals surface area contributed by atoms with Gasteiger partial charge >= 0.3 is 0 Å². The normalized spacial score (nSPS) is 10.6. The summed E-state index contributed by atoms with van der Waals surface area (Å²) in [5.41, 5.74) is 9.41. The Morgan fingerprint density at radius 2 is 2.00 bits per heavy atom. The molecule has 0 aliphatic carbocycles. The number of anilines is 1. The number of amides is 1. The van der Waals surface area contributed by atoms with Gasteiger partial charge in [-0.15, -0.1) is 0 Å². The molecule has 3 N–H and O–H groups in total. The number of nitrogens with one attached hydrogen (secondary N) is 1. The molecule has 0 aliphatic rings. The summed E-state index contributed by atoms with van der Waals surface area (Å²) in [6.45, 7) is 2.75. The molecule has 0 spiro atoms. The van der Waals surface area contributed by atoms with Crippen LogP contribution in [0.2, 0.25) is 0 Å². The average molecular weight is 380 g/mol. The van der Waals surface area contributed by atoms with Crippen LogP contribution in [0.5, 0.6) is 11.5 Å². The van der Waals surface area contributed by atoms with E-state index < -0.39 is 0 Å². The SMILES string of the molecule is COc1cc(C(=O)Nc2ccc(OCCN)c(-c3ccnn3C)c2)ccc1C. The van der Waals surface area contributed by atoms with E-state index >= 15 is 0 Å². The molecule has 0 saturated carbocycles. The maximum atomic E-state index is 12.7. The van der Waals surface area contributed by atoms with Gasteiger partial charge < -0.3 is 20.5 Å². The lowest BCUT2D eigenvalue weighted by Gasteiger charge is -2.14. The number of hydrogen-bond donors (Lipinski definition) is 2. The van der Waals surface area contributed by atoms with Crippen LogP contribution in [-0.2, 0) is 7.05 Å². The van der Waals surface area contributed by atoms with Gasteiger partial charge in [0.1, 0.15) is 18.1 Å². The van der Waals surface area contributed by atoms with Gasteiger partial charge in [-0.1, -0.05) is 6.07 Å². The van der Waals surface area contributed by atoms with Crippen LogP contribution >= 0.6 is 0 Å². The van der Waals surface area contributed by atoms with E-state index in [9.17, 15) is 4.79 Å². The molecule has 0 aliphatic heterocycles. The molecule has 146 valence electrons. The lowest BCUT2D eigenvalue weighted by Crippen LogP contribution is -2.13. The van der Waals surface area contributed by atoms with Crippen LogP contribution in [0, 0.1) is 6.92 Å². The summed E-state index contributed by atoms with van der Waals surface area (Å²) in [7, 11) is 3.44. The standard InChI is InChI=1S/C21H24N4O3/c1-14-4-5-15(12-20(14)27-3)21(26)24-16-6-7-19(28-11-9-22)17(13-16)18-8-10-23-25(18)2/h4-8,10,12-13H,9,11,22H2,1-3H3,(H,24,26).